The topological polar surface area (TPSA) is 66.8 Å². The van der Waals surface area contributed by atoms with E-state index in [0.717, 1.165) is 55.6 Å². The maximum atomic E-state index is 12.7. The molecule has 1 heterocycles. The van der Waals surface area contributed by atoms with Crippen molar-refractivity contribution < 1.29 is 19.4 Å². The number of hydrogen-bond donors (Lipinski definition) is 1. The minimum absolute atomic E-state index is 0.0958. The van der Waals surface area contributed by atoms with Crippen molar-refractivity contribution in [3.63, 3.8) is 0 Å². The Bertz CT molecular complexity index is 844. The number of carboxylic acids is 1. The third-order valence-electron chi connectivity index (χ3n) is 5.77. The molecule has 160 valence electrons. The number of carboxylic acid groups (broad SMARTS) is 1. The van der Waals surface area contributed by atoms with E-state index in [-0.39, 0.29) is 11.9 Å². The molecule has 0 amide bonds. The smallest absolute Gasteiger partial charge is 0.314 e. The van der Waals surface area contributed by atoms with Crippen LogP contribution < -0.4 is 0 Å². The number of nitrogens with zero attached hydrogens (tertiary/aromatic N) is 1. The highest BCUT2D eigenvalue weighted by Gasteiger charge is 2.26. The van der Waals surface area contributed by atoms with Crippen molar-refractivity contribution in [2.24, 2.45) is 5.92 Å². The lowest BCUT2D eigenvalue weighted by Gasteiger charge is -2.30. The van der Waals surface area contributed by atoms with Gasteiger partial charge in [-0.05, 0) is 30.2 Å². The van der Waals surface area contributed by atoms with E-state index >= 15 is 0 Å². The van der Waals surface area contributed by atoms with Gasteiger partial charge in [-0.1, -0.05) is 74.7 Å². The molecule has 1 aliphatic rings. The highest BCUT2D eigenvalue weighted by molar-refractivity contribution is 6.08. The molecule has 0 saturated carbocycles. The van der Waals surface area contributed by atoms with Crippen molar-refractivity contribution >= 4 is 11.8 Å². The van der Waals surface area contributed by atoms with Crippen LogP contribution in [0.3, 0.4) is 0 Å². The second kappa shape index (κ2) is 10.5. The summed E-state index contributed by atoms with van der Waals surface area (Å²) in [5, 5.41) is 9.45. The van der Waals surface area contributed by atoms with Crippen LogP contribution in [0.2, 0.25) is 0 Å². The van der Waals surface area contributed by atoms with Crippen LogP contribution in [0.5, 0.6) is 0 Å². The Balaban J connectivity index is 1.68. The van der Waals surface area contributed by atoms with Gasteiger partial charge < -0.3 is 14.7 Å². The first-order chi connectivity index (χ1) is 14.5. The summed E-state index contributed by atoms with van der Waals surface area (Å²) in [4.78, 5) is 26.5. The first-order valence-corrected chi connectivity index (χ1v) is 10.8. The first-order valence-electron chi connectivity index (χ1n) is 10.8. The summed E-state index contributed by atoms with van der Waals surface area (Å²) >= 11 is 0. The minimum atomic E-state index is -1.04. The van der Waals surface area contributed by atoms with Crippen LogP contribution >= 0.6 is 0 Å². The normalized spacial score (nSPS) is 18.1. The number of aliphatic carboxylic acids is 1. The maximum Gasteiger partial charge on any atom is 0.314 e. The molecular formula is C25H31NO4. The van der Waals surface area contributed by atoms with Crippen LogP contribution in [0.4, 0.5) is 0 Å². The first kappa shape index (κ1) is 22.2. The van der Waals surface area contributed by atoms with Crippen LogP contribution in [0, 0.1) is 5.92 Å². The van der Waals surface area contributed by atoms with E-state index in [9.17, 15) is 14.7 Å². The molecule has 2 aromatic rings. The third-order valence-corrected chi connectivity index (χ3v) is 5.77. The minimum Gasteiger partial charge on any atom is -0.481 e. The lowest BCUT2D eigenvalue weighted by atomic mass is 9.91. The van der Waals surface area contributed by atoms with Crippen LogP contribution in [0.25, 0.3) is 11.1 Å². The predicted octanol–water partition coefficient (Wildman–Crippen LogP) is 4.82. The van der Waals surface area contributed by atoms with Gasteiger partial charge in [0.1, 0.15) is 5.92 Å². The zero-order chi connectivity index (χ0) is 21.5. The van der Waals surface area contributed by atoms with Gasteiger partial charge in [-0.15, -0.1) is 0 Å². The molecule has 1 N–H and O–H groups in total. The Morgan fingerprint density at radius 2 is 1.70 bits per heavy atom. The fraction of sp³-hybridized carbons (Fsp3) is 0.440. The van der Waals surface area contributed by atoms with Gasteiger partial charge in [-0.25, -0.2) is 0 Å². The van der Waals surface area contributed by atoms with Crippen LogP contribution in [0.1, 0.15) is 54.6 Å². The van der Waals surface area contributed by atoms with Gasteiger partial charge in [0.15, 0.2) is 5.78 Å². The molecule has 30 heavy (non-hydrogen) atoms. The summed E-state index contributed by atoms with van der Waals surface area (Å²) < 4.78 is 5.87. The second-order valence-corrected chi connectivity index (χ2v) is 8.07. The molecule has 0 radical (unpaired) electrons. The molecule has 5 heteroatoms. The van der Waals surface area contributed by atoms with Gasteiger partial charge >= 0.3 is 5.97 Å². The Morgan fingerprint density at radius 1 is 1.07 bits per heavy atom. The molecule has 1 fully saturated rings. The standard InChI is InChI=1S/C25H31NO4/c1-3-4-5-6-22(25(28)29)24(27)21-13-9-19(10-14-21)18-7-11-20(12-8-18)23-17-26(2)15-16-30-23/h7-14,22-23H,3-6,15-17H2,1-2H3,(H,28,29). The number of Topliss-reactive ketones (excluding diaryl/α,β-unsaturated/α-hetero) is 1. The molecule has 0 bridgehead atoms. The highest BCUT2D eigenvalue weighted by atomic mass is 16.5. The van der Waals surface area contributed by atoms with Crippen LogP contribution in [-0.2, 0) is 9.53 Å². The fourth-order valence-corrected chi connectivity index (χ4v) is 3.86. The van der Waals surface area contributed by atoms with Crippen molar-refractivity contribution in [1.82, 2.24) is 4.90 Å². The summed E-state index contributed by atoms with van der Waals surface area (Å²) in [6.07, 6.45) is 3.18. The number of morpholine rings is 1. The highest BCUT2D eigenvalue weighted by Crippen LogP contribution is 2.26. The number of carbonyl (C=O) groups excluding carboxylic acids is 1. The second-order valence-electron chi connectivity index (χ2n) is 8.07. The van der Waals surface area contributed by atoms with E-state index in [1.54, 1.807) is 12.1 Å². The summed E-state index contributed by atoms with van der Waals surface area (Å²) in [5.74, 6) is -2.30. The molecular weight excluding hydrogens is 378 g/mol. The van der Waals surface area contributed by atoms with E-state index in [1.807, 2.05) is 12.1 Å². The Morgan fingerprint density at radius 3 is 2.27 bits per heavy atom. The van der Waals surface area contributed by atoms with Crippen LogP contribution in [-0.4, -0.2) is 48.5 Å². The van der Waals surface area contributed by atoms with Crippen molar-refractivity contribution in [2.75, 3.05) is 26.7 Å². The fourth-order valence-electron chi connectivity index (χ4n) is 3.86. The molecule has 1 aliphatic heterocycles. The van der Waals surface area contributed by atoms with E-state index in [1.165, 1.54) is 0 Å². The SMILES string of the molecule is CCCCCC(C(=O)O)C(=O)c1ccc(-c2ccc(C3CN(C)CCO3)cc2)cc1. The summed E-state index contributed by atoms with van der Waals surface area (Å²) in [7, 11) is 2.10. The molecule has 3 rings (SSSR count). The number of ketones is 1. The number of benzene rings is 2. The molecule has 0 spiro atoms. The zero-order valence-electron chi connectivity index (χ0n) is 17.8. The number of carbonyl (C=O) groups is 2. The van der Waals surface area contributed by atoms with E-state index in [4.69, 9.17) is 4.74 Å². The number of rotatable bonds is 9. The molecule has 0 aliphatic carbocycles. The van der Waals surface area contributed by atoms with E-state index in [0.29, 0.717) is 12.0 Å². The molecule has 2 atom stereocenters. The molecule has 2 unspecified atom stereocenters. The lowest BCUT2D eigenvalue weighted by molar-refractivity contribution is -0.140. The van der Waals surface area contributed by atoms with E-state index < -0.39 is 11.9 Å². The monoisotopic (exact) mass is 409 g/mol. The van der Waals surface area contributed by atoms with Crippen molar-refractivity contribution in [1.29, 1.82) is 0 Å². The maximum absolute atomic E-state index is 12.7. The van der Waals surface area contributed by atoms with Gasteiger partial charge in [-0.3, -0.25) is 9.59 Å². The largest absolute Gasteiger partial charge is 0.481 e. The third kappa shape index (κ3) is 5.55. The number of ether oxygens (including phenoxy) is 1. The average molecular weight is 410 g/mol. The van der Waals surface area contributed by atoms with Crippen molar-refractivity contribution in [3.05, 3.63) is 59.7 Å². The summed E-state index contributed by atoms with van der Waals surface area (Å²) in [5.41, 5.74) is 3.67. The molecule has 0 aromatic heterocycles. The number of hydrogen-bond acceptors (Lipinski definition) is 4. The van der Waals surface area contributed by atoms with Gasteiger partial charge in [0.2, 0.25) is 0 Å². The van der Waals surface area contributed by atoms with Gasteiger partial charge in [0.05, 0.1) is 12.7 Å². The predicted molar refractivity (Wildman–Crippen MR) is 118 cm³/mol. The molecule has 5 nitrogen and oxygen atoms in total. The Hall–Kier alpha value is -2.50. The van der Waals surface area contributed by atoms with Crippen molar-refractivity contribution in [3.8, 4) is 11.1 Å². The Labute approximate surface area is 178 Å². The lowest BCUT2D eigenvalue weighted by Crippen LogP contribution is -2.35. The van der Waals surface area contributed by atoms with Gasteiger partial charge in [-0.2, -0.15) is 0 Å². The van der Waals surface area contributed by atoms with Gasteiger partial charge in [0.25, 0.3) is 0 Å². The average Bonchev–Trinajstić information content (AvgIpc) is 2.76. The Kier molecular flexibility index (Phi) is 7.77. The molecule has 1 saturated heterocycles. The summed E-state index contributed by atoms with van der Waals surface area (Å²) in [6.45, 7) is 4.65. The number of likely N-dealkylation sites (N-methyl/N-ethyl adjacent to an activating group) is 1. The van der Waals surface area contributed by atoms with Crippen LogP contribution in [0.15, 0.2) is 48.5 Å². The quantitative estimate of drug-likeness (QED) is 0.365. The van der Waals surface area contributed by atoms with Crippen molar-refractivity contribution in [2.45, 2.75) is 38.7 Å². The molecule has 2 aromatic carbocycles. The van der Waals surface area contributed by atoms with Gasteiger partial charge in [0, 0.05) is 18.7 Å². The summed E-state index contributed by atoms with van der Waals surface area (Å²) in [6, 6.07) is 15.6. The number of unbranched alkanes of at least 4 members (excludes halogenated alkanes) is 2. The zero-order valence-corrected chi connectivity index (χ0v) is 17.8. The van der Waals surface area contributed by atoms with E-state index in [2.05, 4.69) is 43.1 Å².